The Morgan fingerprint density at radius 3 is 1.87 bits per heavy atom. The third-order valence-corrected chi connectivity index (χ3v) is 6.99. The van der Waals surface area contributed by atoms with E-state index in [0.717, 1.165) is 36.6 Å². The van der Waals surface area contributed by atoms with Gasteiger partial charge in [0, 0.05) is 5.39 Å². The smallest absolute Gasteiger partial charge is 1.00 e. The molecule has 1 N–H and O–H groups in total. The van der Waals surface area contributed by atoms with E-state index < -0.39 is 10.1 Å². The van der Waals surface area contributed by atoms with Gasteiger partial charge in [0.25, 0.3) is 10.1 Å². The zero-order valence-corrected chi connectivity index (χ0v) is 22.8. The van der Waals surface area contributed by atoms with Crippen molar-refractivity contribution >= 4 is 20.9 Å². The zero-order chi connectivity index (χ0) is 21.8. The molecule has 0 heterocycles. The van der Waals surface area contributed by atoms with E-state index in [1.165, 1.54) is 63.4 Å². The van der Waals surface area contributed by atoms with Crippen LogP contribution >= 0.6 is 0 Å². The van der Waals surface area contributed by atoms with Crippen LogP contribution in [0.5, 0.6) is 0 Å². The number of hydrogen-bond donors (Lipinski definition) is 1. The van der Waals surface area contributed by atoms with Crippen LogP contribution in [0.25, 0.3) is 10.8 Å². The van der Waals surface area contributed by atoms with Crippen LogP contribution in [0, 0.1) is 0 Å². The Morgan fingerprint density at radius 1 is 0.742 bits per heavy atom. The number of fused-ring (bicyclic) bond motifs is 1. The molecule has 0 saturated carbocycles. The van der Waals surface area contributed by atoms with Crippen LogP contribution in [0.3, 0.4) is 0 Å². The van der Waals surface area contributed by atoms with Crippen LogP contribution in [-0.4, -0.2) is 13.0 Å². The SMILES string of the molecule is CCCCCCCCc1ccc2c(S(=O)(=O)O)c(CCCCCCCC)ccc2c1.[H-].[Na+]. The van der Waals surface area contributed by atoms with Gasteiger partial charge in [-0.2, -0.15) is 8.42 Å². The minimum atomic E-state index is -4.25. The molecule has 0 saturated heterocycles. The number of unbranched alkanes of at least 4 members (excludes halogenated alkanes) is 10. The number of rotatable bonds is 15. The molecule has 0 aliphatic carbocycles. The zero-order valence-electron chi connectivity index (χ0n) is 21.0. The van der Waals surface area contributed by atoms with Crippen molar-refractivity contribution in [1.29, 1.82) is 0 Å². The van der Waals surface area contributed by atoms with Gasteiger partial charge in [-0.25, -0.2) is 0 Å². The average molecular weight is 457 g/mol. The van der Waals surface area contributed by atoms with Crippen molar-refractivity contribution in [2.45, 2.75) is 109 Å². The molecule has 0 unspecified atom stereocenters. The molecule has 0 amide bonds. The van der Waals surface area contributed by atoms with Crippen molar-refractivity contribution < 1.29 is 44.0 Å². The molecule has 0 radical (unpaired) electrons. The van der Waals surface area contributed by atoms with Crippen LogP contribution < -0.4 is 29.6 Å². The predicted molar refractivity (Wildman–Crippen MR) is 129 cm³/mol. The summed E-state index contributed by atoms with van der Waals surface area (Å²) >= 11 is 0. The largest absolute Gasteiger partial charge is 1.00 e. The van der Waals surface area contributed by atoms with E-state index in [2.05, 4.69) is 19.9 Å². The van der Waals surface area contributed by atoms with Crippen molar-refractivity contribution in [3.05, 3.63) is 41.5 Å². The molecule has 2 aromatic carbocycles. The Morgan fingerprint density at radius 2 is 1.29 bits per heavy atom. The molecule has 0 atom stereocenters. The third-order valence-electron chi connectivity index (χ3n) is 5.99. The van der Waals surface area contributed by atoms with Gasteiger partial charge in [0.15, 0.2) is 0 Å². The van der Waals surface area contributed by atoms with Crippen molar-refractivity contribution in [3.8, 4) is 0 Å². The summed E-state index contributed by atoms with van der Waals surface area (Å²) in [7, 11) is -4.25. The Labute approximate surface area is 213 Å². The summed E-state index contributed by atoms with van der Waals surface area (Å²) in [5, 5.41) is 1.55. The summed E-state index contributed by atoms with van der Waals surface area (Å²) in [6.07, 6.45) is 16.2. The normalized spacial score (nSPS) is 11.6. The van der Waals surface area contributed by atoms with Gasteiger partial charge in [-0.05, 0) is 42.2 Å². The summed E-state index contributed by atoms with van der Waals surface area (Å²) < 4.78 is 34.3. The van der Waals surface area contributed by atoms with Gasteiger partial charge >= 0.3 is 29.6 Å². The maximum Gasteiger partial charge on any atom is 1.00 e. The van der Waals surface area contributed by atoms with Gasteiger partial charge in [-0.3, -0.25) is 4.55 Å². The topological polar surface area (TPSA) is 54.4 Å². The fourth-order valence-electron chi connectivity index (χ4n) is 4.26. The van der Waals surface area contributed by atoms with Crippen molar-refractivity contribution in [2.75, 3.05) is 0 Å². The molecular weight excluding hydrogens is 415 g/mol. The van der Waals surface area contributed by atoms with E-state index in [-0.39, 0.29) is 35.9 Å². The molecule has 0 aliphatic heterocycles. The number of benzene rings is 2. The molecule has 0 fully saturated rings. The summed E-state index contributed by atoms with van der Waals surface area (Å²) in [6.45, 7) is 4.43. The first kappa shape index (κ1) is 28.6. The average Bonchev–Trinajstić information content (AvgIpc) is 2.72. The Bertz CT molecular complexity index is 884. The first-order chi connectivity index (χ1) is 14.5. The first-order valence-electron chi connectivity index (χ1n) is 12.0. The summed E-state index contributed by atoms with van der Waals surface area (Å²) in [6, 6.07) is 9.91. The Kier molecular flexibility index (Phi) is 14.3. The second-order valence-electron chi connectivity index (χ2n) is 8.62. The molecule has 2 rings (SSSR count). The van der Waals surface area contributed by atoms with E-state index in [1.54, 1.807) is 0 Å². The van der Waals surface area contributed by atoms with E-state index >= 15 is 0 Å². The molecule has 0 aliphatic rings. The number of aryl methyl sites for hydroxylation is 2. The second kappa shape index (κ2) is 15.4. The van der Waals surface area contributed by atoms with E-state index in [0.29, 0.717) is 11.8 Å². The van der Waals surface area contributed by atoms with Gasteiger partial charge < -0.3 is 1.43 Å². The molecule has 31 heavy (non-hydrogen) atoms. The molecule has 0 bridgehead atoms. The van der Waals surface area contributed by atoms with Crippen LogP contribution in [0.4, 0.5) is 0 Å². The molecule has 2 aromatic rings. The predicted octanol–water partition coefficient (Wildman–Crippen LogP) is 5.01. The summed E-state index contributed by atoms with van der Waals surface area (Å²) in [5.41, 5.74) is 1.98. The second-order valence-corrected chi connectivity index (χ2v) is 9.98. The molecule has 0 aromatic heterocycles. The van der Waals surface area contributed by atoms with Crippen molar-refractivity contribution in [2.24, 2.45) is 0 Å². The maximum absolute atomic E-state index is 12.2. The van der Waals surface area contributed by atoms with E-state index in [4.69, 9.17) is 0 Å². The minimum Gasteiger partial charge on any atom is -1.00 e. The Hall–Kier alpha value is -0.390. The summed E-state index contributed by atoms with van der Waals surface area (Å²) in [4.78, 5) is 0.111. The van der Waals surface area contributed by atoms with Crippen LogP contribution in [0.1, 0.15) is 103 Å². The molecule has 3 nitrogen and oxygen atoms in total. The molecular formula is C26H41NaO3S. The van der Waals surface area contributed by atoms with Crippen LogP contribution in [0.2, 0.25) is 0 Å². The van der Waals surface area contributed by atoms with Gasteiger partial charge in [-0.1, -0.05) is 108 Å². The van der Waals surface area contributed by atoms with Gasteiger partial charge in [-0.15, -0.1) is 0 Å². The van der Waals surface area contributed by atoms with Crippen LogP contribution in [-0.2, 0) is 23.0 Å². The maximum atomic E-state index is 12.2. The standard InChI is InChI=1S/C26H40O3S.Na.H/c1-3-5-7-9-11-13-15-22-17-20-25-24(21-22)19-18-23(26(25)30(27,28)29)16-14-12-10-8-6-4-2;;/h17-21H,3-16H2,1-2H3,(H,27,28,29);;/q;+1;-1. The van der Waals surface area contributed by atoms with E-state index in [1.807, 2.05) is 24.3 Å². The van der Waals surface area contributed by atoms with Crippen LogP contribution in [0.15, 0.2) is 35.2 Å². The van der Waals surface area contributed by atoms with Crippen molar-refractivity contribution in [3.63, 3.8) is 0 Å². The van der Waals surface area contributed by atoms with E-state index in [9.17, 15) is 13.0 Å². The van der Waals surface area contributed by atoms with Gasteiger partial charge in [0.2, 0.25) is 0 Å². The van der Waals surface area contributed by atoms with Crippen molar-refractivity contribution in [1.82, 2.24) is 0 Å². The molecule has 170 valence electrons. The Balaban J connectivity index is 0.00000480. The quantitative estimate of drug-likeness (QED) is 0.233. The molecule has 0 spiro atoms. The van der Waals surface area contributed by atoms with Gasteiger partial charge in [0.05, 0.1) is 0 Å². The minimum absolute atomic E-state index is 0. The summed E-state index contributed by atoms with van der Waals surface area (Å²) in [5.74, 6) is 0. The molecule has 5 heteroatoms. The monoisotopic (exact) mass is 456 g/mol. The fourth-order valence-corrected chi connectivity index (χ4v) is 5.22. The fraction of sp³-hybridized carbons (Fsp3) is 0.615. The third kappa shape index (κ3) is 9.96. The number of hydrogen-bond acceptors (Lipinski definition) is 2. The first-order valence-corrected chi connectivity index (χ1v) is 13.4. The van der Waals surface area contributed by atoms with Gasteiger partial charge in [0.1, 0.15) is 4.90 Å².